The third kappa shape index (κ3) is 1.94. The largest absolute Gasteiger partial charge is 0.351 e. The standard InChI is InChI=1S/C17H17N3O/c21-15(13-6-18-12-19-7-13)20-11-16-8-17(9-16,10-16)14-4-2-1-3-5-14/h1-7,12H,8-11H2,(H,20,21). The van der Waals surface area contributed by atoms with Crippen molar-refractivity contribution in [3.63, 3.8) is 0 Å². The molecule has 5 rings (SSSR count). The molecule has 1 aromatic carbocycles. The second-order valence-electron chi connectivity index (χ2n) is 6.49. The highest BCUT2D eigenvalue weighted by atomic mass is 16.1. The number of nitrogens with one attached hydrogen (secondary N) is 1. The van der Waals surface area contributed by atoms with Crippen LogP contribution in [0.15, 0.2) is 49.1 Å². The third-order valence-corrected chi connectivity index (χ3v) is 4.97. The summed E-state index contributed by atoms with van der Waals surface area (Å²) in [6.45, 7) is 0.759. The lowest BCUT2D eigenvalue weighted by Crippen LogP contribution is -2.68. The van der Waals surface area contributed by atoms with E-state index in [4.69, 9.17) is 0 Å². The van der Waals surface area contributed by atoms with E-state index < -0.39 is 0 Å². The molecule has 0 unspecified atom stereocenters. The fourth-order valence-electron chi connectivity index (χ4n) is 4.07. The van der Waals surface area contributed by atoms with Crippen molar-refractivity contribution in [2.24, 2.45) is 5.41 Å². The Labute approximate surface area is 123 Å². The number of benzene rings is 1. The van der Waals surface area contributed by atoms with Crippen molar-refractivity contribution in [2.45, 2.75) is 24.7 Å². The summed E-state index contributed by atoms with van der Waals surface area (Å²) < 4.78 is 0. The molecule has 106 valence electrons. The summed E-state index contributed by atoms with van der Waals surface area (Å²) in [4.78, 5) is 19.8. The zero-order valence-electron chi connectivity index (χ0n) is 11.7. The van der Waals surface area contributed by atoms with Crippen molar-refractivity contribution in [1.82, 2.24) is 15.3 Å². The lowest BCUT2D eigenvalue weighted by Gasteiger charge is -2.71. The summed E-state index contributed by atoms with van der Waals surface area (Å²) in [5.41, 5.74) is 2.69. The Bertz CT molecular complexity index is 649. The van der Waals surface area contributed by atoms with Gasteiger partial charge in [0.25, 0.3) is 5.91 Å². The van der Waals surface area contributed by atoms with Crippen LogP contribution in [0, 0.1) is 5.41 Å². The van der Waals surface area contributed by atoms with Gasteiger partial charge in [-0.25, -0.2) is 9.97 Å². The van der Waals surface area contributed by atoms with Gasteiger partial charge in [0.1, 0.15) is 6.33 Å². The SMILES string of the molecule is O=C(NCC12CC(c3ccccc3)(C1)C2)c1cncnc1. The first-order chi connectivity index (χ1) is 10.2. The quantitative estimate of drug-likeness (QED) is 0.934. The minimum absolute atomic E-state index is 0.0749. The van der Waals surface area contributed by atoms with Gasteiger partial charge in [0.2, 0.25) is 0 Å². The summed E-state index contributed by atoms with van der Waals surface area (Å²) in [5.74, 6) is -0.0749. The molecule has 1 heterocycles. The predicted octanol–water partition coefficient (Wildman–Crippen LogP) is 2.33. The number of hydrogen-bond acceptors (Lipinski definition) is 3. The molecular weight excluding hydrogens is 262 g/mol. The number of rotatable bonds is 4. The van der Waals surface area contributed by atoms with Gasteiger partial charge in [0.05, 0.1) is 5.56 Å². The first-order valence-electron chi connectivity index (χ1n) is 7.30. The van der Waals surface area contributed by atoms with E-state index >= 15 is 0 Å². The number of carbonyl (C=O) groups excluding carboxylic acids is 1. The highest BCUT2D eigenvalue weighted by molar-refractivity contribution is 5.93. The van der Waals surface area contributed by atoms with Crippen LogP contribution in [-0.2, 0) is 5.41 Å². The van der Waals surface area contributed by atoms with Gasteiger partial charge in [-0.3, -0.25) is 4.79 Å². The molecule has 0 atom stereocenters. The molecule has 0 saturated heterocycles. The maximum absolute atomic E-state index is 12.0. The van der Waals surface area contributed by atoms with Crippen LogP contribution < -0.4 is 5.32 Å². The highest BCUT2D eigenvalue weighted by Crippen LogP contribution is 2.73. The van der Waals surface area contributed by atoms with Crippen LogP contribution in [0.25, 0.3) is 0 Å². The molecule has 2 bridgehead atoms. The van der Waals surface area contributed by atoms with Crippen LogP contribution in [0.5, 0.6) is 0 Å². The van der Waals surface area contributed by atoms with E-state index in [0.29, 0.717) is 16.4 Å². The maximum atomic E-state index is 12.0. The van der Waals surface area contributed by atoms with E-state index in [9.17, 15) is 4.79 Å². The van der Waals surface area contributed by atoms with Gasteiger partial charge >= 0.3 is 0 Å². The van der Waals surface area contributed by atoms with Gasteiger partial charge in [0.15, 0.2) is 0 Å². The van der Waals surface area contributed by atoms with Gasteiger partial charge in [0, 0.05) is 18.9 Å². The molecule has 1 N–H and O–H groups in total. The van der Waals surface area contributed by atoms with E-state index in [2.05, 4.69) is 45.6 Å². The van der Waals surface area contributed by atoms with Gasteiger partial charge < -0.3 is 5.32 Å². The second-order valence-corrected chi connectivity index (χ2v) is 6.49. The second kappa shape index (κ2) is 4.38. The van der Waals surface area contributed by atoms with Gasteiger partial charge in [-0.2, -0.15) is 0 Å². The van der Waals surface area contributed by atoms with Gasteiger partial charge in [-0.15, -0.1) is 0 Å². The number of amides is 1. The lowest BCUT2D eigenvalue weighted by atomic mass is 9.33. The molecule has 3 fully saturated rings. The summed E-state index contributed by atoms with van der Waals surface area (Å²) in [6, 6.07) is 10.7. The van der Waals surface area contributed by atoms with E-state index in [-0.39, 0.29) is 5.91 Å². The minimum atomic E-state index is -0.0749. The maximum Gasteiger partial charge on any atom is 0.254 e. The Hall–Kier alpha value is -2.23. The van der Waals surface area contributed by atoms with Crippen LogP contribution >= 0.6 is 0 Å². The van der Waals surface area contributed by atoms with E-state index in [0.717, 1.165) is 6.54 Å². The molecule has 2 aromatic rings. The fraction of sp³-hybridized carbons (Fsp3) is 0.353. The minimum Gasteiger partial charge on any atom is -0.351 e. The number of aromatic nitrogens is 2. The van der Waals surface area contributed by atoms with E-state index in [1.165, 1.54) is 31.2 Å². The first-order valence-corrected chi connectivity index (χ1v) is 7.30. The summed E-state index contributed by atoms with van der Waals surface area (Å²) >= 11 is 0. The third-order valence-electron chi connectivity index (χ3n) is 4.97. The van der Waals surface area contributed by atoms with Gasteiger partial charge in [-0.1, -0.05) is 30.3 Å². The van der Waals surface area contributed by atoms with E-state index in [1.807, 2.05) is 0 Å². The van der Waals surface area contributed by atoms with Gasteiger partial charge in [-0.05, 0) is 35.7 Å². The Balaban J connectivity index is 1.35. The molecule has 0 spiro atoms. The topological polar surface area (TPSA) is 54.9 Å². The number of carbonyl (C=O) groups is 1. The predicted molar refractivity (Wildman–Crippen MR) is 78.8 cm³/mol. The molecule has 1 amide bonds. The molecule has 3 aliphatic carbocycles. The molecule has 0 radical (unpaired) electrons. The Morgan fingerprint density at radius 3 is 2.43 bits per heavy atom. The number of hydrogen-bond donors (Lipinski definition) is 1. The summed E-state index contributed by atoms with van der Waals surface area (Å²) in [7, 11) is 0. The molecule has 3 saturated carbocycles. The first kappa shape index (κ1) is 12.5. The molecule has 0 aliphatic heterocycles. The molecule has 3 aliphatic rings. The molecule has 4 heteroatoms. The van der Waals surface area contributed by atoms with Crippen molar-refractivity contribution >= 4 is 5.91 Å². The van der Waals surface area contributed by atoms with Crippen molar-refractivity contribution in [2.75, 3.05) is 6.54 Å². The van der Waals surface area contributed by atoms with Crippen molar-refractivity contribution in [1.29, 1.82) is 0 Å². The van der Waals surface area contributed by atoms with Crippen LogP contribution in [0.4, 0.5) is 0 Å². The molecular formula is C17H17N3O. The van der Waals surface area contributed by atoms with Crippen LogP contribution in [0.2, 0.25) is 0 Å². The lowest BCUT2D eigenvalue weighted by molar-refractivity contribution is -0.136. The van der Waals surface area contributed by atoms with Crippen LogP contribution in [0.1, 0.15) is 35.2 Å². The smallest absolute Gasteiger partial charge is 0.254 e. The number of nitrogens with zero attached hydrogens (tertiary/aromatic N) is 2. The molecule has 1 aromatic heterocycles. The normalized spacial score (nSPS) is 29.1. The fourth-order valence-corrected chi connectivity index (χ4v) is 4.07. The zero-order valence-corrected chi connectivity index (χ0v) is 11.7. The van der Waals surface area contributed by atoms with Crippen LogP contribution in [0.3, 0.4) is 0 Å². The van der Waals surface area contributed by atoms with E-state index in [1.54, 1.807) is 12.4 Å². The monoisotopic (exact) mass is 279 g/mol. The van der Waals surface area contributed by atoms with Crippen molar-refractivity contribution in [3.05, 3.63) is 60.2 Å². The molecule has 21 heavy (non-hydrogen) atoms. The zero-order chi connectivity index (χ0) is 14.3. The summed E-state index contributed by atoms with van der Waals surface area (Å²) in [5, 5.41) is 3.03. The highest BCUT2D eigenvalue weighted by Gasteiger charge is 2.67. The average Bonchev–Trinajstić information content (AvgIpc) is 2.46. The summed E-state index contributed by atoms with van der Waals surface area (Å²) in [6.07, 6.45) is 8.11. The average molecular weight is 279 g/mol. The Morgan fingerprint density at radius 1 is 1.10 bits per heavy atom. The molecule has 4 nitrogen and oxygen atoms in total. The van der Waals surface area contributed by atoms with Crippen molar-refractivity contribution < 1.29 is 4.79 Å². The van der Waals surface area contributed by atoms with Crippen molar-refractivity contribution in [3.8, 4) is 0 Å². The Morgan fingerprint density at radius 2 is 1.76 bits per heavy atom. The Kier molecular flexibility index (Phi) is 2.61. The van der Waals surface area contributed by atoms with Crippen LogP contribution in [-0.4, -0.2) is 22.4 Å².